The molecule has 0 saturated carbocycles. The van der Waals surface area contributed by atoms with Gasteiger partial charge in [0.05, 0.1) is 11.0 Å². The van der Waals surface area contributed by atoms with Crippen molar-refractivity contribution in [2.75, 3.05) is 0 Å². The monoisotopic (exact) mass is 257 g/mol. The molecule has 0 radical (unpaired) electrons. The van der Waals surface area contributed by atoms with Crippen molar-refractivity contribution < 1.29 is 0 Å². The molecule has 0 aliphatic carbocycles. The van der Waals surface area contributed by atoms with Gasteiger partial charge < -0.3 is 10.3 Å². The molecule has 3 nitrogen and oxygen atoms in total. The van der Waals surface area contributed by atoms with Crippen molar-refractivity contribution in [2.24, 2.45) is 12.8 Å². The van der Waals surface area contributed by atoms with E-state index >= 15 is 0 Å². The van der Waals surface area contributed by atoms with Crippen LogP contribution in [0.5, 0.6) is 0 Å². The van der Waals surface area contributed by atoms with Gasteiger partial charge in [-0.3, -0.25) is 0 Å². The van der Waals surface area contributed by atoms with Crippen molar-refractivity contribution in [1.82, 2.24) is 9.55 Å². The summed E-state index contributed by atoms with van der Waals surface area (Å²) in [4.78, 5) is 4.78. The summed E-state index contributed by atoms with van der Waals surface area (Å²) in [5, 5.41) is 4.30. The second-order valence-corrected chi connectivity index (χ2v) is 5.20. The van der Waals surface area contributed by atoms with Gasteiger partial charge in [-0.05, 0) is 29.5 Å². The number of hydrogen-bond donors (Lipinski definition) is 1. The molecule has 0 spiro atoms. The van der Waals surface area contributed by atoms with Crippen molar-refractivity contribution >= 4 is 22.4 Å². The fraction of sp³-hybridized carbons (Fsp3) is 0.214. The zero-order valence-electron chi connectivity index (χ0n) is 10.5. The molecule has 0 amide bonds. The van der Waals surface area contributed by atoms with Crippen LogP contribution in [0.15, 0.2) is 29.0 Å². The number of rotatable bonds is 2. The third-order valence-electron chi connectivity index (χ3n) is 3.31. The number of nitrogens with two attached hydrogens (primary N) is 1. The third kappa shape index (κ3) is 1.57. The highest BCUT2D eigenvalue weighted by Gasteiger charge is 2.13. The fourth-order valence-electron chi connectivity index (χ4n) is 2.27. The van der Waals surface area contributed by atoms with Gasteiger partial charge in [0.1, 0.15) is 5.82 Å². The number of nitrogens with zero attached hydrogens (tertiary/aromatic N) is 2. The Morgan fingerprint density at radius 2 is 2.17 bits per heavy atom. The number of hydrogen-bond acceptors (Lipinski definition) is 3. The minimum Gasteiger partial charge on any atom is -0.327 e. The van der Waals surface area contributed by atoms with Crippen molar-refractivity contribution in [3.63, 3.8) is 0 Å². The Morgan fingerprint density at radius 3 is 2.83 bits per heavy atom. The lowest BCUT2D eigenvalue weighted by molar-refractivity contribution is 0.959. The second-order valence-electron chi connectivity index (χ2n) is 4.45. The van der Waals surface area contributed by atoms with Crippen LogP contribution in [0, 0.1) is 6.92 Å². The molecular formula is C14H15N3S. The Kier molecular flexibility index (Phi) is 2.69. The summed E-state index contributed by atoms with van der Waals surface area (Å²) in [6.45, 7) is 2.64. The largest absolute Gasteiger partial charge is 0.327 e. The van der Waals surface area contributed by atoms with Gasteiger partial charge in [-0.25, -0.2) is 4.98 Å². The molecule has 2 heterocycles. The Bertz CT molecular complexity index is 709. The maximum absolute atomic E-state index is 5.78. The van der Waals surface area contributed by atoms with Gasteiger partial charge in [0.2, 0.25) is 0 Å². The number of imidazole rings is 1. The first kappa shape index (κ1) is 11.4. The van der Waals surface area contributed by atoms with Crippen molar-refractivity contribution in [3.05, 3.63) is 40.1 Å². The topological polar surface area (TPSA) is 43.8 Å². The highest BCUT2D eigenvalue weighted by atomic mass is 32.1. The molecule has 0 unspecified atom stereocenters. The molecule has 4 heteroatoms. The lowest BCUT2D eigenvalue weighted by Crippen LogP contribution is -1.97. The van der Waals surface area contributed by atoms with Gasteiger partial charge in [-0.1, -0.05) is 12.1 Å². The molecule has 0 fully saturated rings. The Balaban J connectivity index is 2.32. The lowest BCUT2D eigenvalue weighted by Gasteiger charge is -2.01. The van der Waals surface area contributed by atoms with E-state index in [0.29, 0.717) is 6.54 Å². The maximum Gasteiger partial charge on any atom is 0.141 e. The zero-order valence-corrected chi connectivity index (χ0v) is 11.3. The predicted octanol–water partition coefficient (Wildman–Crippen LogP) is 3.07. The number of para-hydroxylation sites is 1. The van der Waals surface area contributed by atoms with E-state index in [9.17, 15) is 0 Å². The molecule has 3 aromatic rings. The van der Waals surface area contributed by atoms with Crippen molar-refractivity contribution in [3.8, 4) is 11.4 Å². The van der Waals surface area contributed by atoms with Crippen LogP contribution in [0.25, 0.3) is 22.4 Å². The van der Waals surface area contributed by atoms with Crippen LogP contribution < -0.4 is 5.73 Å². The number of aromatic nitrogens is 2. The highest BCUT2D eigenvalue weighted by Crippen LogP contribution is 2.29. The molecule has 0 bridgehead atoms. The Morgan fingerprint density at radius 1 is 1.33 bits per heavy atom. The van der Waals surface area contributed by atoms with Crippen LogP contribution in [-0.4, -0.2) is 9.55 Å². The fourth-order valence-corrected chi connectivity index (χ4v) is 3.09. The van der Waals surface area contributed by atoms with Crippen LogP contribution in [0.3, 0.4) is 0 Å². The number of aryl methyl sites for hydroxylation is 2. The average molecular weight is 257 g/mol. The third-order valence-corrected chi connectivity index (χ3v) is 4.17. The van der Waals surface area contributed by atoms with Gasteiger partial charge in [0, 0.05) is 24.5 Å². The molecular weight excluding hydrogens is 242 g/mol. The van der Waals surface area contributed by atoms with Gasteiger partial charge in [0.15, 0.2) is 0 Å². The van der Waals surface area contributed by atoms with Gasteiger partial charge in [-0.2, -0.15) is 11.3 Å². The summed E-state index contributed by atoms with van der Waals surface area (Å²) in [6.07, 6.45) is 0. The zero-order chi connectivity index (χ0) is 12.7. The molecule has 2 aromatic heterocycles. The van der Waals surface area contributed by atoms with Crippen LogP contribution in [0.1, 0.15) is 11.1 Å². The van der Waals surface area contributed by atoms with Crippen LogP contribution in [0.4, 0.5) is 0 Å². The molecule has 0 aliphatic rings. The van der Waals surface area contributed by atoms with Gasteiger partial charge in [-0.15, -0.1) is 0 Å². The second kappa shape index (κ2) is 4.23. The van der Waals surface area contributed by atoms with E-state index in [0.717, 1.165) is 22.4 Å². The van der Waals surface area contributed by atoms with E-state index in [2.05, 4.69) is 35.4 Å². The maximum atomic E-state index is 5.78. The number of fused-ring (bicyclic) bond motifs is 1. The summed E-state index contributed by atoms with van der Waals surface area (Å²) < 4.78 is 2.14. The molecule has 0 aliphatic heterocycles. The first-order valence-electron chi connectivity index (χ1n) is 5.90. The first-order chi connectivity index (χ1) is 8.72. The number of thiophene rings is 1. The summed E-state index contributed by atoms with van der Waals surface area (Å²) in [7, 11) is 2.06. The van der Waals surface area contributed by atoms with E-state index in [4.69, 9.17) is 10.7 Å². The smallest absolute Gasteiger partial charge is 0.141 e. The first-order valence-corrected chi connectivity index (χ1v) is 6.84. The SMILES string of the molecule is Cc1cscc1-c1nc2c(CN)cccc2n1C. The van der Waals surface area contributed by atoms with Crippen LogP contribution >= 0.6 is 11.3 Å². The summed E-state index contributed by atoms with van der Waals surface area (Å²) in [5.41, 5.74) is 11.5. The van der Waals surface area contributed by atoms with Crippen molar-refractivity contribution in [1.29, 1.82) is 0 Å². The predicted molar refractivity (Wildman–Crippen MR) is 76.7 cm³/mol. The van der Waals surface area contributed by atoms with E-state index in [-0.39, 0.29) is 0 Å². The van der Waals surface area contributed by atoms with Crippen LogP contribution in [-0.2, 0) is 13.6 Å². The van der Waals surface area contributed by atoms with Crippen molar-refractivity contribution in [2.45, 2.75) is 13.5 Å². The van der Waals surface area contributed by atoms with E-state index in [1.807, 2.05) is 12.1 Å². The lowest BCUT2D eigenvalue weighted by atomic mass is 10.2. The molecule has 1 aromatic carbocycles. The van der Waals surface area contributed by atoms with E-state index in [1.54, 1.807) is 11.3 Å². The average Bonchev–Trinajstić information content (AvgIpc) is 2.93. The van der Waals surface area contributed by atoms with Crippen LogP contribution in [0.2, 0.25) is 0 Å². The molecule has 18 heavy (non-hydrogen) atoms. The molecule has 0 saturated heterocycles. The minimum atomic E-state index is 0.524. The number of benzene rings is 1. The van der Waals surface area contributed by atoms with Gasteiger partial charge >= 0.3 is 0 Å². The quantitative estimate of drug-likeness (QED) is 0.766. The summed E-state index contributed by atoms with van der Waals surface area (Å²) in [6, 6.07) is 6.17. The molecule has 3 rings (SSSR count). The van der Waals surface area contributed by atoms with E-state index < -0.39 is 0 Å². The van der Waals surface area contributed by atoms with E-state index in [1.165, 1.54) is 11.1 Å². The molecule has 2 N–H and O–H groups in total. The molecule has 0 atom stereocenters. The Hall–Kier alpha value is -1.65. The highest BCUT2D eigenvalue weighted by molar-refractivity contribution is 7.08. The Labute approximate surface area is 110 Å². The standard InChI is InChI=1S/C14H15N3S/c1-9-7-18-8-11(9)14-16-13-10(6-15)4-3-5-12(13)17(14)2/h3-5,7-8H,6,15H2,1-2H3. The molecule has 92 valence electrons. The summed E-state index contributed by atoms with van der Waals surface area (Å²) >= 11 is 1.71. The van der Waals surface area contributed by atoms with Gasteiger partial charge in [0.25, 0.3) is 0 Å². The normalized spacial score (nSPS) is 11.3. The summed E-state index contributed by atoms with van der Waals surface area (Å²) in [5.74, 6) is 1.02. The minimum absolute atomic E-state index is 0.524.